The second-order valence-electron chi connectivity index (χ2n) is 10.3. The highest BCUT2D eigenvalue weighted by Gasteiger charge is 2.42. The van der Waals surface area contributed by atoms with Crippen LogP contribution in [-0.4, -0.2) is 49.1 Å². The minimum Gasteiger partial charge on any atom is -0.410 e. The number of halogens is 1. The first-order valence-electron chi connectivity index (χ1n) is 13.1. The second kappa shape index (κ2) is 11.3. The van der Waals surface area contributed by atoms with Gasteiger partial charge >= 0.3 is 6.09 Å². The minimum atomic E-state index is -0.348. The standard InChI is InChI=1S/C31H35ClN2O3/c1-23-20-24(12-13-29(23)32)25(21-33(2)30(35)37-27-9-4-3-5-10-27)14-17-34-18-15-31(16-19-34)28-11-7-6-8-26(28)22-36-31/h3-13,20,25H,14-19,21-22H2,1-2H3. The predicted octanol–water partition coefficient (Wildman–Crippen LogP) is 6.77. The Morgan fingerprint density at radius 3 is 2.57 bits per heavy atom. The van der Waals surface area contributed by atoms with Crippen LogP contribution in [0, 0.1) is 6.92 Å². The van der Waals surface area contributed by atoms with E-state index in [0.717, 1.165) is 56.1 Å². The number of hydrogen-bond donors (Lipinski definition) is 0. The van der Waals surface area contributed by atoms with Crippen LogP contribution in [0.4, 0.5) is 4.79 Å². The van der Waals surface area contributed by atoms with E-state index in [2.05, 4.69) is 41.3 Å². The molecule has 0 aliphatic carbocycles. The van der Waals surface area contributed by atoms with Gasteiger partial charge in [-0.3, -0.25) is 0 Å². The molecule has 0 radical (unpaired) electrons. The van der Waals surface area contributed by atoms with Gasteiger partial charge in [0.05, 0.1) is 12.2 Å². The van der Waals surface area contributed by atoms with Gasteiger partial charge in [0.25, 0.3) is 0 Å². The van der Waals surface area contributed by atoms with Crippen molar-refractivity contribution in [2.75, 3.05) is 33.2 Å². The lowest BCUT2D eigenvalue weighted by Gasteiger charge is -2.39. The fourth-order valence-electron chi connectivity index (χ4n) is 5.63. The predicted molar refractivity (Wildman–Crippen MR) is 147 cm³/mol. The van der Waals surface area contributed by atoms with Gasteiger partial charge in [-0.05, 0) is 73.2 Å². The number of hydrogen-bond acceptors (Lipinski definition) is 4. The molecule has 1 saturated heterocycles. The molecule has 1 unspecified atom stereocenters. The van der Waals surface area contributed by atoms with Gasteiger partial charge in [0.2, 0.25) is 0 Å². The van der Waals surface area contributed by atoms with E-state index in [0.29, 0.717) is 12.3 Å². The zero-order chi connectivity index (χ0) is 25.8. The van der Waals surface area contributed by atoms with E-state index >= 15 is 0 Å². The lowest BCUT2D eigenvalue weighted by atomic mass is 9.83. The van der Waals surface area contributed by atoms with E-state index in [1.165, 1.54) is 16.7 Å². The summed E-state index contributed by atoms with van der Waals surface area (Å²) >= 11 is 6.32. The summed E-state index contributed by atoms with van der Waals surface area (Å²) < 4.78 is 11.9. The Kier molecular flexibility index (Phi) is 7.84. The van der Waals surface area contributed by atoms with Crippen molar-refractivity contribution in [1.82, 2.24) is 9.80 Å². The van der Waals surface area contributed by atoms with Crippen LogP contribution in [0.3, 0.4) is 0 Å². The van der Waals surface area contributed by atoms with Crippen LogP contribution in [0.15, 0.2) is 72.8 Å². The van der Waals surface area contributed by atoms with E-state index in [4.69, 9.17) is 21.1 Å². The van der Waals surface area contributed by atoms with Crippen molar-refractivity contribution in [3.63, 3.8) is 0 Å². The molecule has 0 saturated carbocycles. The molecule has 5 rings (SSSR count). The number of amides is 1. The molecule has 0 N–H and O–H groups in total. The molecular formula is C31H35ClN2O3. The fourth-order valence-corrected chi connectivity index (χ4v) is 5.75. The average molecular weight is 519 g/mol. The average Bonchev–Trinajstić information content (AvgIpc) is 3.27. The number of fused-ring (bicyclic) bond motifs is 2. The number of carbonyl (C=O) groups is 1. The lowest BCUT2D eigenvalue weighted by Crippen LogP contribution is -2.43. The zero-order valence-corrected chi connectivity index (χ0v) is 22.4. The van der Waals surface area contributed by atoms with Gasteiger partial charge in [0.15, 0.2) is 0 Å². The number of aryl methyl sites for hydroxylation is 1. The third kappa shape index (κ3) is 5.85. The van der Waals surface area contributed by atoms with Crippen molar-refractivity contribution in [1.29, 1.82) is 0 Å². The van der Waals surface area contributed by atoms with Crippen molar-refractivity contribution >= 4 is 17.7 Å². The summed E-state index contributed by atoms with van der Waals surface area (Å²) in [6.07, 6.45) is 2.61. The van der Waals surface area contributed by atoms with Gasteiger partial charge in [-0.25, -0.2) is 4.79 Å². The second-order valence-corrected chi connectivity index (χ2v) is 10.7. The number of rotatable bonds is 7. The number of likely N-dealkylation sites (N-methyl/N-ethyl adjacent to an activating group) is 1. The Labute approximate surface area is 224 Å². The van der Waals surface area contributed by atoms with Crippen molar-refractivity contribution in [3.8, 4) is 5.75 Å². The highest BCUT2D eigenvalue weighted by molar-refractivity contribution is 6.31. The summed E-state index contributed by atoms with van der Waals surface area (Å²) in [4.78, 5) is 17.0. The van der Waals surface area contributed by atoms with Crippen LogP contribution in [-0.2, 0) is 16.9 Å². The Hall–Kier alpha value is -2.86. The number of benzene rings is 3. The highest BCUT2D eigenvalue weighted by Crippen LogP contribution is 2.44. The Bertz CT molecular complexity index is 1220. The first-order valence-corrected chi connectivity index (χ1v) is 13.5. The molecule has 3 aromatic carbocycles. The first kappa shape index (κ1) is 25.8. The molecule has 2 heterocycles. The summed E-state index contributed by atoms with van der Waals surface area (Å²) in [6, 6.07) is 24.1. The molecule has 37 heavy (non-hydrogen) atoms. The van der Waals surface area contributed by atoms with E-state index in [1.54, 1.807) is 24.1 Å². The van der Waals surface area contributed by atoms with Gasteiger partial charge in [-0.1, -0.05) is 66.2 Å². The van der Waals surface area contributed by atoms with Gasteiger partial charge < -0.3 is 19.3 Å². The normalized spacial score (nSPS) is 17.4. The third-order valence-electron chi connectivity index (χ3n) is 7.88. The monoisotopic (exact) mass is 518 g/mol. The number of para-hydroxylation sites is 1. The molecule has 1 atom stereocenters. The van der Waals surface area contributed by atoms with Crippen LogP contribution in [0.5, 0.6) is 5.75 Å². The van der Waals surface area contributed by atoms with E-state index in [1.807, 2.05) is 31.2 Å². The number of ether oxygens (including phenoxy) is 2. The summed E-state index contributed by atoms with van der Waals surface area (Å²) in [5.41, 5.74) is 4.84. The maximum atomic E-state index is 12.8. The molecule has 5 nitrogen and oxygen atoms in total. The number of carbonyl (C=O) groups excluding carboxylic acids is 1. The molecule has 0 aromatic heterocycles. The number of nitrogens with zero attached hydrogens (tertiary/aromatic N) is 2. The third-order valence-corrected chi connectivity index (χ3v) is 8.30. The van der Waals surface area contributed by atoms with Gasteiger partial charge in [0, 0.05) is 37.6 Å². The topological polar surface area (TPSA) is 42.0 Å². The highest BCUT2D eigenvalue weighted by atomic mass is 35.5. The Balaban J connectivity index is 1.23. The largest absolute Gasteiger partial charge is 0.414 e. The van der Waals surface area contributed by atoms with Crippen molar-refractivity contribution in [2.24, 2.45) is 0 Å². The maximum Gasteiger partial charge on any atom is 0.414 e. The molecule has 6 heteroatoms. The molecule has 3 aromatic rings. The van der Waals surface area contributed by atoms with Crippen molar-refractivity contribution < 1.29 is 14.3 Å². The van der Waals surface area contributed by atoms with Gasteiger partial charge in [-0.2, -0.15) is 0 Å². The minimum absolute atomic E-state index is 0.124. The fraction of sp³-hybridized carbons (Fsp3) is 0.387. The number of piperidine rings is 1. The summed E-state index contributed by atoms with van der Waals surface area (Å²) in [5, 5.41) is 0.762. The molecular weight excluding hydrogens is 484 g/mol. The zero-order valence-electron chi connectivity index (χ0n) is 21.7. The van der Waals surface area contributed by atoms with Crippen LogP contribution < -0.4 is 4.74 Å². The quantitative estimate of drug-likeness (QED) is 0.346. The Morgan fingerprint density at radius 2 is 1.81 bits per heavy atom. The van der Waals surface area contributed by atoms with E-state index in [9.17, 15) is 4.79 Å². The molecule has 2 aliphatic rings. The van der Waals surface area contributed by atoms with E-state index < -0.39 is 0 Å². The van der Waals surface area contributed by atoms with Gasteiger partial charge in [-0.15, -0.1) is 0 Å². The summed E-state index contributed by atoms with van der Waals surface area (Å²) in [6.45, 7) is 6.30. The van der Waals surface area contributed by atoms with Crippen LogP contribution in [0.1, 0.15) is 47.4 Å². The summed E-state index contributed by atoms with van der Waals surface area (Å²) in [5.74, 6) is 0.722. The lowest BCUT2D eigenvalue weighted by molar-refractivity contribution is -0.0790. The molecule has 1 fully saturated rings. The molecule has 1 spiro atoms. The molecule has 194 valence electrons. The van der Waals surface area contributed by atoms with E-state index in [-0.39, 0.29) is 17.6 Å². The van der Waals surface area contributed by atoms with Crippen LogP contribution in [0.2, 0.25) is 5.02 Å². The van der Waals surface area contributed by atoms with Crippen molar-refractivity contribution in [2.45, 2.75) is 44.3 Å². The first-order chi connectivity index (χ1) is 17.9. The number of likely N-dealkylation sites (tertiary alicyclic amines) is 1. The maximum absolute atomic E-state index is 12.8. The molecule has 1 amide bonds. The van der Waals surface area contributed by atoms with Crippen molar-refractivity contribution in [3.05, 3.63) is 100 Å². The smallest absolute Gasteiger partial charge is 0.410 e. The molecule has 2 aliphatic heterocycles. The summed E-state index contributed by atoms with van der Waals surface area (Å²) in [7, 11) is 1.81. The Morgan fingerprint density at radius 1 is 1.08 bits per heavy atom. The SMILES string of the molecule is Cc1cc(C(CCN2CCC3(CC2)OCc2ccccc23)CN(C)C(=O)Oc2ccccc2)ccc1Cl. The van der Waals surface area contributed by atoms with Crippen LogP contribution in [0.25, 0.3) is 0 Å². The van der Waals surface area contributed by atoms with Gasteiger partial charge in [0.1, 0.15) is 5.75 Å². The molecule has 0 bridgehead atoms. The van der Waals surface area contributed by atoms with Crippen LogP contribution >= 0.6 is 11.6 Å².